The molecule has 1 heterocycles. The van der Waals surface area contributed by atoms with Crippen molar-refractivity contribution in [3.05, 3.63) is 35.5 Å². The van der Waals surface area contributed by atoms with Crippen molar-refractivity contribution in [3.8, 4) is 11.6 Å². The summed E-state index contributed by atoms with van der Waals surface area (Å²) < 4.78 is 7.46. The van der Waals surface area contributed by atoms with Crippen LogP contribution in [0.2, 0.25) is 0 Å². The molecule has 0 saturated heterocycles. The van der Waals surface area contributed by atoms with E-state index >= 15 is 0 Å². The first-order valence-corrected chi connectivity index (χ1v) is 5.11. The maximum absolute atomic E-state index is 5.87. The smallest absolute Gasteiger partial charge is 0.217 e. The predicted molar refractivity (Wildman–Crippen MR) is 63.6 cm³/mol. The first kappa shape index (κ1) is 10.5. The fourth-order valence-corrected chi connectivity index (χ4v) is 1.60. The van der Waals surface area contributed by atoms with E-state index in [9.17, 15) is 0 Å². The molecule has 0 atom stereocenters. The van der Waals surface area contributed by atoms with Crippen molar-refractivity contribution in [2.75, 3.05) is 5.73 Å². The van der Waals surface area contributed by atoms with Gasteiger partial charge in [-0.1, -0.05) is 12.1 Å². The van der Waals surface area contributed by atoms with Gasteiger partial charge in [-0.05, 0) is 25.5 Å². The van der Waals surface area contributed by atoms with Gasteiger partial charge in [0.2, 0.25) is 5.88 Å². The molecule has 2 N–H and O–H groups in total. The number of nitrogen functional groups attached to an aromatic ring is 1. The van der Waals surface area contributed by atoms with Gasteiger partial charge in [0.05, 0.1) is 11.4 Å². The molecule has 0 aliphatic carbocycles. The van der Waals surface area contributed by atoms with Crippen LogP contribution in [0.1, 0.15) is 11.3 Å². The van der Waals surface area contributed by atoms with Crippen molar-refractivity contribution in [1.29, 1.82) is 0 Å². The number of rotatable bonds is 2. The molecule has 0 saturated carbocycles. The van der Waals surface area contributed by atoms with Gasteiger partial charge < -0.3 is 10.5 Å². The largest absolute Gasteiger partial charge is 0.437 e. The van der Waals surface area contributed by atoms with Gasteiger partial charge in [0, 0.05) is 13.1 Å². The van der Waals surface area contributed by atoms with Crippen LogP contribution in [0, 0.1) is 13.8 Å². The number of hydrogen-bond acceptors (Lipinski definition) is 3. The van der Waals surface area contributed by atoms with E-state index in [0.717, 1.165) is 11.3 Å². The van der Waals surface area contributed by atoms with Crippen molar-refractivity contribution in [3.63, 3.8) is 0 Å². The van der Waals surface area contributed by atoms with E-state index in [2.05, 4.69) is 5.10 Å². The second kappa shape index (κ2) is 3.89. The molecule has 0 spiro atoms. The first-order valence-electron chi connectivity index (χ1n) is 5.11. The molecule has 2 aromatic rings. The number of anilines is 1. The van der Waals surface area contributed by atoms with Crippen LogP contribution >= 0.6 is 0 Å². The summed E-state index contributed by atoms with van der Waals surface area (Å²) in [6.45, 7) is 3.89. The van der Waals surface area contributed by atoms with Gasteiger partial charge in [0.15, 0.2) is 5.75 Å². The summed E-state index contributed by atoms with van der Waals surface area (Å²) in [7, 11) is 1.84. The van der Waals surface area contributed by atoms with Gasteiger partial charge in [0.25, 0.3) is 0 Å². The number of benzene rings is 1. The second-order valence-electron chi connectivity index (χ2n) is 3.84. The van der Waals surface area contributed by atoms with Crippen LogP contribution in [0.25, 0.3) is 0 Å². The van der Waals surface area contributed by atoms with E-state index in [1.165, 1.54) is 0 Å². The Balaban J connectivity index is 2.37. The summed E-state index contributed by atoms with van der Waals surface area (Å²) >= 11 is 0. The Labute approximate surface area is 94.6 Å². The molecule has 1 aromatic carbocycles. The first-order chi connectivity index (χ1) is 7.58. The van der Waals surface area contributed by atoms with Crippen LogP contribution in [-0.2, 0) is 7.05 Å². The number of aromatic nitrogens is 2. The van der Waals surface area contributed by atoms with Crippen LogP contribution in [0.4, 0.5) is 5.69 Å². The van der Waals surface area contributed by atoms with E-state index in [1.54, 1.807) is 4.68 Å². The molecule has 0 unspecified atom stereocenters. The maximum Gasteiger partial charge on any atom is 0.217 e. The van der Waals surface area contributed by atoms with Crippen LogP contribution in [0.5, 0.6) is 11.6 Å². The lowest BCUT2D eigenvalue weighted by molar-refractivity contribution is 0.430. The minimum atomic E-state index is 0.638. The maximum atomic E-state index is 5.87. The zero-order valence-electron chi connectivity index (χ0n) is 9.69. The quantitative estimate of drug-likeness (QED) is 0.786. The molecule has 0 amide bonds. The van der Waals surface area contributed by atoms with E-state index in [1.807, 2.05) is 45.2 Å². The third-order valence-electron chi connectivity index (χ3n) is 2.41. The number of nitrogens with zero attached hydrogens (tertiary/aromatic N) is 2. The van der Waals surface area contributed by atoms with Crippen LogP contribution < -0.4 is 10.5 Å². The van der Waals surface area contributed by atoms with Crippen molar-refractivity contribution in [2.45, 2.75) is 13.8 Å². The van der Waals surface area contributed by atoms with E-state index in [-0.39, 0.29) is 0 Å². The number of aryl methyl sites for hydroxylation is 3. The third kappa shape index (κ3) is 1.86. The predicted octanol–water partition coefficient (Wildman–Crippen LogP) is 2.41. The van der Waals surface area contributed by atoms with Crippen LogP contribution in [0.3, 0.4) is 0 Å². The Morgan fingerprint density at radius 2 is 2.06 bits per heavy atom. The number of nitrogens with two attached hydrogens (primary N) is 1. The van der Waals surface area contributed by atoms with Crippen molar-refractivity contribution >= 4 is 5.69 Å². The van der Waals surface area contributed by atoms with Gasteiger partial charge in [-0.15, -0.1) is 0 Å². The van der Waals surface area contributed by atoms with Gasteiger partial charge in [-0.25, -0.2) is 4.68 Å². The highest BCUT2D eigenvalue weighted by atomic mass is 16.5. The van der Waals surface area contributed by atoms with E-state index in [4.69, 9.17) is 10.5 Å². The molecular formula is C12H15N3O. The van der Waals surface area contributed by atoms with Crippen molar-refractivity contribution < 1.29 is 4.74 Å². The second-order valence-corrected chi connectivity index (χ2v) is 3.84. The lowest BCUT2D eigenvalue weighted by atomic mass is 10.2. The van der Waals surface area contributed by atoms with E-state index in [0.29, 0.717) is 17.3 Å². The number of hydrogen-bond donors (Lipinski definition) is 1. The fraction of sp³-hybridized carbons (Fsp3) is 0.250. The molecule has 16 heavy (non-hydrogen) atoms. The Kier molecular flexibility index (Phi) is 2.56. The highest BCUT2D eigenvalue weighted by Crippen LogP contribution is 2.30. The lowest BCUT2D eigenvalue weighted by Gasteiger charge is -2.10. The molecule has 0 aliphatic heterocycles. The normalized spacial score (nSPS) is 10.4. The molecule has 1 aromatic heterocycles. The molecule has 2 rings (SSSR count). The van der Waals surface area contributed by atoms with Gasteiger partial charge >= 0.3 is 0 Å². The minimum absolute atomic E-state index is 0.638. The Bertz CT molecular complexity index is 497. The Morgan fingerprint density at radius 1 is 1.31 bits per heavy atom. The topological polar surface area (TPSA) is 53.1 Å². The van der Waals surface area contributed by atoms with Crippen LogP contribution in [-0.4, -0.2) is 9.78 Å². The molecule has 4 heteroatoms. The molecule has 0 radical (unpaired) electrons. The molecule has 4 nitrogen and oxygen atoms in total. The van der Waals surface area contributed by atoms with Crippen LogP contribution in [0.15, 0.2) is 24.3 Å². The fourth-order valence-electron chi connectivity index (χ4n) is 1.60. The highest BCUT2D eigenvalue weighted by Gasteiger charge is 2.09. The summed E-state index contributed by atoms with van der Waals surface area (Å²) in [5, 5.41) is 4.22. The SMILES string of the molecule is Cc1cc(Oc2c(C)cccc2N)n(C)n1. The standard InChI is InChI=1S/C12H15N3O/c1-8-5-4-6-10(13)12(8)16-11-7-9(2)14-15(11)3/h4-7H,13H2,1-3H3. The average Bonchev–Trinajstić information content (AvgIpc) is 2.51. The molecule has 0 bridgehead atoms. The number of ether oxygens (including phenoxy) is 1. The summed E-state index contributed by atoms with van der Waals surface area (Å²) in [6.07, 6.45) is 0. The Morgan fingerprint density at radius 3 is 2.62 bits per heavy atom. The van der Waals surface area contributed by atoms with E-state index < -0.39 is 0 Å². The summed E-state index contributed by atoms with van der Waals surface area (Å²) in [5.41, 5.74) is 8.44. The van der Waals surface area contributed by atoms with Gasteiger partial charge in [-0.2, -0.15) is 5.10 Å². The zero-order valence-corrected chi connectivity index (χ0v) is 9.69. The van der Waals surface area contributed by atoms with Gasteiger partial charge in [0.1, 0.15) is 0 Å². The van der Waals surface area contributed by atoms with Crippen molar-refractivity contribution in [1.82, 2.24) is 9.78 Å². The molecule has 0 aliphatic rings. The van der Waals surface area contributed by atoms with Gasteiger partial charge in [-0.3, -0.25) is 0 Å². The highest BCUT2D eigenvalue weighted by molar-refractivity contribution is 5.57. The molecule has 0 fully saturated rings. The summed E-state index contributed by atoms with van der Waals surface area (Å²) in [4.78, 5) is 0. The summed E-state index contributed by atoms with van der Waals surface area (Å²) in [5.74, 6) is 1.39. The third-order valence-corrected chi connectivity index (χ3v) is 2.41. The monoisotopic (exact) mass is 217 g/mol. The minimum Gasteiger partial charge on any atom is -0.437 e. The lowest BCUT2D eigenvalue weighted by Crippen LogP contribution is -1.99. The number of para-hydroxylation sites is 1. The Hall–Kier alpha value is -1.97. The zero-order chi connectivity index (χ0) is 11.7. The molecular weight excluding hydrogens is 202 g/mol. The average molecular weight is 217 g/mol. The van der Waals surface area contributed by atoms with Crippen molar-refractivity contribution in [2.24, 2.45) is 7.05 Å². The summed E-state index contributed by atoms with van der Waals surface area (Å²) in [6, 6.07) is 7.58. The molecule has 84 valence electrons.